The number of halogens is 3. The van der Waals surface area contributed by atoms with Crippen molar-refractivity contribution in [2.24, 2.45) is 0 Å². The molecule has 0 atom stereocenters. The Kier molecular flexibility index (Phi) is 3.04. The fourth-order valence-corrected chi connectivity index (χ4v) is 1.07. The largest absolute Gasteiger partial charge is 0.573 e. The predicted molar refractivity (Wildman–Crippen MR) is 46.9 cm³/mol. The number of hydrogen-bond acceptors (Lipinski definition) is 3. The molecule has 0 radical (unpaired) electrons. The molecule has 0 aliphatic heterocycles. The van der Waals surface area contributed by atoms with Crippen LogP contribution in [0, 0.1) is 11.3 Å². The highest BCUT2D eigenvalue weighted by Gasteiger charge is 2.31. The minimum absolute atomic E-state index is 0.0146. The number of alkyl halides is 3. The Morgan fingerprint density at radius 1 is 1.33 bits per heavy atom. The summed E-state index contributed by atoms with van der Waals surface area (Å²) in [5, 5.41) is 8.38. The number of nitrogens with two attached hydrogens (primary N) is 1. The molecule has 0 aromatic heterocycles. The highest BCUT2D eigenvalue weighted by Crippen LogP contribution is 2.25. The summed E-state index contributed by atoms with van der Waals surface area (Å²) in [4.78, 5) is 0. The number of rotatable bonds is 2. The number of nitriles is 1. The molecule has 0 aliphatic rings. The molecule has 0 aliphatic carbocycles. The number of benzene rings is 1. The smallest absolute Gasteiger partial charge is 0.406 e. The molecular formula is C9H7F3N2O. The monoisotopic (exact) mass is 216 g/mol. The lowest BCUT2D eigenvalue weighted by Gasteiger charge is -2.10. The van der Waals surface area contributed by atoms with Crippen LogP contribution in [-0.2, 0) is 6.42 Å². The Hall–Kier alpha value is -1.90. The zero-order valence-electron chi connectivity index (χ0n) is 7.51. The lowest BCUT2D eigenvalue weighted by molar-refractivity contribution is -0.274. The molecule has 15 heavy (non-hydrogen) atoms. The predicted octanol–water partition coefficient (Wildman–Crippen LogP) is 2.23. The normalized spacial score (nSPS) is 10.8. The molecule has 0 saturated carbocycles. The Morgan fingerprint density at radius 2 is 2.00 bits per heavy atom. The summed E-state index contributed by atoms with van der Waals surface area (Å²) in [7, 11) is 0. The summed E-state index contributed by atoms with van der Waals surface area (Å²) < 4.78 is 39.3. The molecule has 0 spiro atoms. The molecule has 1 aromatic carbocycles. The molecule has 0 bridgehead atoms. The van der Waals surface area contributed by atoms with Crippen LogP contribution in [0.25, 0.3) is 0 Å². The van der Waals surface area contributed by atoms with Gasteiger partial charge in [0.2, 0.25) is 0 Å². The van der Waals surface area contributed by atoms with Crippen LogP contribution in [0.2, 0.25) is 0 Å². The van der Waals surface area contributed by atoms with E-state index in [-0.39, 0.29) is 12.1 Å². The van der Waals surface area contributed by atoms with E-state index in [9.17, 15) is 13.2 Å². The van der Waals surface area contributed by atoms with Crippen molar-refractivity contribution in [2.45, 2.75) is 12.8 Å². The third kappa shape index (κ3) is 3.77. The summed E-state index contributed by atoms with van der Waals surface area (Å²) in [6.07, 6.45) is -4.77. The van der Waals surface area contributed by atoms with Crippen molar-refractivity contribution in [1.29, 1.82) is 5.26 Å². The number of nitrogen functional groups attached to an aromatic ring is 1. The third-order valence-electron chi connectivity index (χ3n) is 1.51. The van der Waals surface area contributed by atoms with Gasteiger partial charge in [-0.05, 0) is 17.7 Å². The average molecular weight is 216 g/mol. The van der Waals surface area contributed by atoms with Crippen LogP contribution < -0.4 is 10.5 Å². The van der Waals surface area contributed by atoms with E-state index in [4.69, 9.17) is 11.0 Å². The zero-order chi connectivity index (χ0) is 11.5. The maximum atomic E-state index is 11.9. The molecule has 80 valence electrons. The molecule has 0 amide bonds. The van der Waals surface area contributed by atoms with Gasteiger partial charge in [-0.15, -0.1) is 13.2 Å². The van der Waals surface area contributed by atoms with E-state index in [0.717, 1.165) is 12.1 Å². The van der Waals surface area contributed by atoms with E-state index in [1.54, 1.807) is 0 Å². The van der Waals surface area contributed by atoms with Crippen LogP contribution in [0.3, 0.4) is 0 Å². The molecule has 0 unspecified atom stereocenters. The highest BCUT2D eigenvalue weighted by atomic mass is 19.4. The van der Waals surface area contributed by atoms with E-state index in [1.165, 1.54) is 6.07 Å². The van der Waals surface area contributed by atoms with Gasteiger partial charge in [-0.2, -0.15) is 5.26 Å². The zero-order valence-corrected chi connectivity index (χ0v) is 7.51. The van der Waals surface area contributed by atoms with Crippen molar-refractivity contribution in [3.8, 4) is 11.8 Å². The maximum Gasteiger partial charge on any atom is 0.573 e. The third-order valence-corrected chi connectivity index (χ3v) is 1.51. The number of ether oxygens (including phenoxy) is 1. The summed E-state index contributed by atoms with van der Waals surface area (Å²) >= 11 is 0. The second kappa shape index (κ2) is 4.09. The lowest BCUT2D eigenvalue weighted by atomic mass is 10.1. The first kappa shape index (κ1) is 11.2. The molecule has 1 aromatic rings. The van der Waals surface area contributed by atoms with Gasteiger partial charge in [0.1, 0.15) is 5.75 Å². The number of anilines is 1. The molecule has 1 rings (SSSR count). The van der Waals surface area contributed by atoms with Crippen LogP contribution >= 0.6 is 0 Å². The van der Waals surface area contributed by atoms with Gasteiger partial charge in [-0.1, -0.05) is 0 Å². The van der Waals surface area contributed by atoms with Crippen molar-refractivity contribution < 1.29 is 17.9 Å². The van der Waals surface area contributed by atoms with Crippen molar-refractivity contribution in [2.75, 3.05) is 5.73 Å². The average Bonchev–Trinajstić information content (AvgIpc) is 1.99. The van der Waals surface area contributed by atoms with Gasteiger partial charge >= 0.3 is 6.36 Å². The quantitative estimate of drug-likeness (QED) is 0.771. The van der Waals surface area contributed by atoms with Crippen molar-refractivity contribution in [1.82, 2.24) is 0 Å². The number of nitrogens with zero attached hydrogens (tertiary/aromatic N) is 1. The molecule has 0 fully saturated rings. The topological polar surface area (TPSA) is 59.0 Å². The first-order valence-corrected chi connectivity index (χ1v) is 3.93. The fourth-order valence-electron chi connectivity index (χ4n) is 1.07. The Morgan fingerprint density at radius 3 is 2.53 bits per heavy atom. The molecule has 3 nitrogen and oxygen atoms in total. The highest BCUT2D eigenvalue weighted by molar-refractivity contribution is 5.48. The van der Waals surface area contributed by atoms with Gasteiger partial charge in [-0.3, -0.25) is 0 Å². The second-order valence-electron chi connectivity index (χ2n) is 2.79. The summed E-state index contributed by atoms with van der Waals surface area (Å²) in [6.45, 7) is 0. The molecule has 0 heterocycles. The van der Waals surface area contributed by atoms with Crippen molar-refractivity contribution in [3.63, 3.8) is 0 Å². The standard InChI is InChI=1S/C9H7F3N2O/c10-9(11,12)15-8-4-6(1-2-13)3-7(14)5-8/h3-5H,1,14H2. The molecule has 2 N–H and O–H groups in total. The minimum Gasteiger partial charge on any atom is -0.406 e. The lowest BCUT2D eigenvalue weighted by Crippen LogP contribution is -2.17. The first-order chi connectivity index (χ1) is 6.90. The SMILES string of the molecule is N#CCc1cc(N)cc(OC(F)(F)F)c1. The van der Waals surface area contributed by atoms with Crippen molar-refractivity contribution >= 4 is 5.69 Å². The van der Waals surface area contributed by atoms with E-state index in [0.29, 0.717) is 5.56 Å². The van der Waals surface area contributed by atoms with Gasteiger partial charge in [0.15, 0.2) is 0 Å². The van der Waals surface area contributed by atoms with Gasteiger partial charge in [0, 0.05) is 11.8 Å². The molecule has 0 saturated heterocycles. The van der Waals surface area contributed by atoms with Crippen LogP contribution in [0.5, 0.6) is 5.75 Å². The van der Waals surface area contributed by atoms with Crippen LogP contribution in [-0.4, -0.2) is 6.36 Å². The second-order valence-corrected chi connectivity index (χ2v) is 2.79. The van der Waals surface area contributed by atoms with Crippen LogP contribution in [0.15, 0.2) is 18.2 Å². The van der Waals surface area contributed by atoms with Gasteiger partial charge < -0.3 is 10.5 Å². The summed E-state index contributed by atoms with van der Waals surface area (Å²) in [5.41, 5.74) is 5.86. The van der Waals surface area contributed by atoms with Gasteiger partial charge in [0.25, 0.3) is 0 Å². The minimum atomic E-state index is -4.75. The van der Waals surface area contributed by atoms with Gasteiger partial charge in [-0.25, -0.2) is 0 Å². The van der Waals surface area contributed by atoms with E-state index < -0.39 is 12.1 Å². The van der Waals surface area contributed by atoms with E-state index in [1.807, 2.05) is 6.07 Å². The van der Waals surface area contributed by atoms with Crippen LogP contribution in [0.4, 0.5) is 18.9 Å². The Balaban J connectivity index is 2.95. The van der Waals surface area contributed by atoms with Crippen LogP contribution in [0.1, 0.15) is 5.56 Å². The Bertz CT molecular complexity index is 395. The van der Waals surface area contributed by atoms with Gasteiger partial charge in [0.05, 0.1) is 12.5 Å². The summed E-state index contributed by atoms with van der Waals surface area (Å²) in [5.74, 6) is -0.409. The molecule has 6 heteroatoms. The Labute approximate surface area is 83.9 Å². The maximum absolute atomic E-state index is 11.9. The van der Waals surface area contributed by atoms with E-state index in [2.05, 4.69) is 4.74 Å². The fraction of sp³-hybridized carbons (Fsp3) is 0.222. The number of hydrogen-bond donors (Lipinski definition) is 1. The first-order valence-electron chi connectivity index (χ1n) is 3.93. The van der Waals surface area contributed by atoms with E-state index >= 15 is 0 Å². The van der Waals surface area contributed by atoms with Crippen molar-refractivity contribution in [3.05, 3.63) is 23.8 Å². The summed E-state index contributed by atoms with van der Waals surface area (Å²) in [6, 6.07) is 5.41. The molecular weight excluding hydrogens is 209 g/mol.